The summed E-state index contributed by atoms with van der Waals surface area (Å²) in [6.45, 7) is 8.63. The van der Waals surface area contributed by atoms with Gasteiger partial charge in [0, 0.05) is 69.4 Å². The summed E-state index contributed by atoms with van der Waals surface area (Å²) < 4.78 is 146. The van der Waals surface area contributed by atoms with Gasteiger partial charge in [-0.2, -0.15) is 9.97 Å². The second-order valence-electron chi connectivity index (χ2n) is 22.8. The zero-order valence-corrected chi connectivity index (χ0v) is 49.4. The van der Waals surface area contributed by atoms with Gasteiger partial charge in [-0.05, 0) is 83.9 Å². The second kappa shape index (κ2) is 25.1. The number of aromatic carboxylic acids is 2. The van der Waals surface area contributed by atoms with Gasteiger partial charge in [-0.25, -0.2) is 64.6 Å². The molecule has 4 aromatic heterocycles. The first-order chi connectivity index (χ1) is 42.8. The van der Waals surface area contributed by atoms with Crippen molar-refractivity contribution in [3.63, 3.8) is 0 Å². The lowest BCUT2D eigenvalue weighted by Gasteiger charge is -2.28. The molecule has 2 saturated heterocycles. The molecular formula is C64H50Cl2F8N8O8. The number of rotatable bonds is 16. The predicted molar refractivity (Wildman–Crippen MR) is 312 cm³/mol. The third-order valence-corrected chi connectivity index (χ3v) is 16.0. The van der Waals surface area contributed by atoms with Crippen LogP contribution in [0.15, 0.2) is 109 Å². The van der Waals surface area contributed by atoms with E-state index in [2.05, 4.69) is 29.9 Å². The highest BCUT2D eigenvalue weighted by Crippen LogP contribution is 2.43. The van der Waals surface area contributed by atoms with Crippen LogP contribution in [0, 0.1) is 57.4 Å². The Hall–Kier alpha value is -9.10. The molecule has 2 N–H and O–H groups in total. The molecule has 2 aliphatic heterocycles. The number of carboxylic acid groups (broad SMARTS) is 2. The topological polar surface area (TPSA) is 199 Å². The van der Waals surface area contributed by atoms with E-state index in [9.17, 15) is 28.6 Å². The summed E-state index contributed by atoms with van der Waals surface area (Å²) in [5.41, 5.74) is -1.36. The minimum atomic E-state index is -1.32. The lowest BCUT2D eigenvalue weighted by molar-refractivity contribution is 0.0686. The van der Waals surface area contributed by atoms with Gasteiger partial charge < -0.3 is 38.3 Å². The van der Waals surface area contributed by atoms with Gasteiger partial charge in [0.05, 0.1) is 71.8 Å². The fourth-order valence-corrected chi connectivity index (χ4v) is 11.1. The molecule has 0 bridgehead atoms. The highest BCUT2D eigenvalue weighted by molar-refractivity contribution is 6.30. The van der Waals surface area contributed by atoms with Crippen LogP contribution in [0.25, 0.3) is 44.8 Å². The van der Waals surface area contributed by atoms with Crippen LogP contribution < -0.4 is 9.47 Å². The number of nitrogens with zero attached hydrogens (tertiary/aromatic N) is 8. The highest BCUT2D eigenvalue weighted by Gasteiger charge is 2.41. The molecule has 2 atom stereocenters. The van der Waals surface area contributed by atoms with Crippen LogP contribution in [-0.2, 0) is 35.5 Å². The number of carboxylic acids is 2. The van der Waals surface area contributed by atoms with E-state index in [1.165, 1.54) is 60.9 Å². The highest BCUT2D eigenvalue weighted by atomic mass is 35.5. The Labute approximate surface area is 516 Å². The Morgan fingerprint density at radius 1 is 0.511 bits per heavy atom. The molecule has 2 aliphatic rings. The lowest BCUT2D eigenvalue weighted by atomic mass is 9.87. The maximum atomic E-state index is 15.6. The smallest absolute Gasteiger partial charge is 0.335 e. The van der Waals surface area contributed by atoms with Gasteiger partial charge in [0.25, 0.3) is 0 Å². The summed E-state index contributed by atoms with van der Waals surface area (Å²) >= 11 is 11.6. The average molecular weight is 1280 g/mol. The quantitative estimate of drug-likeness (QED) is 0.0866. The van der Waals surface area contributed by atoms with Crippen LogP contribution >= 0.6 is 23.2 Å². The van der Waals surface area contributed by atoms with Crippen LogP contribution in [0.3, 0.4) is 0 Å². The second-order valence-corrected chi connectivity index (χ2v) is 23.7. The minimum absolute atomic E-state index is 0.0103. The normalized spacial score (nSPS) is 15.9. The summed E-state index contributed by atoms with van der Waals surface area (Å²) in [6.07, 6.45) is 2.13. The zero-order chi connectivity index (χ0) is 64.1. The number of hydrogen-bond acceptors (Lipinski definition) is 12. The number of halogens is 10. The van der Waals surface area contributed by atoms with E-state index in [0.29, 0.717) is 13.2 Å². The molecule has 0 spiro atoms. The zero-order valence-electron chi connectivity index (χ0n) is 47.9. The molecule has 0 saturated carbocycles. The number of aromatic nitrogens is 8. The van der Waals surface area contributed by atoms with E-state index in [1.54, 1.807) is 9.13 Å². The van der Waals surface area contributed by atoms with Crippen molar-refractivity contribution in [1.82, 2.24) is 39.0 Å². The fraction of sp³-hybridized carbons (Fsp3) is 0.250. The third-order valence-electron chi connectivity index (χ3n) is 15.6. The molecule has 0 radical (unpaired) electrons. The third kappa shape index (κ3) is 12.9. The number of benzene rings is 6. The standard InChI is InChI=1S/2C32H25ClF4N4O4/c2*1-32(2)15-44-14-26(32)41-25-9-18(31(42)43)8-24(37)29(25)39-27(41)10-17-7-23(36)20(12-22(17)35)30-38-6-5-28(40-30)45-13-16-3-4-19(33)11-21(16)34/h2*3-9,11-12,26H,10,13-15H2,1-2H3,(H,42,43). The first-order valence-electron chi connectivity index (χ1n) is 27.6. The van der Waals surface area contributed by atoms with E-state index >= 15 is 26.3 Å². The van der Waals surface area contributed by atoms with Crippen molar-refractivity contribution in [3.8, 4) is 34.5 Å². The lowest BCUT2D eigenvalue weighted by Crippen LogP contribution is -2.27. The van der Waals surface area contributed by atoms with Crippen molar-refractivity contribution in [2.24, 2.45) is 10.8 Å². The first-order valence-corrected chi connectivity index (χ1v) is 28.4. The van der Waals surface area contributed by atoms with Gasteiger partial charge >= 0.3 is 11.9 Å². The van der Waals surface area contributed by atoms with Crippen molar-refractivity contribution >= 4 is 57.2 Å². The van der Waals surface area contributed by atoms with Crippen molar-refractivity contribution < 1.29 is 73.9 Å². The number of ether oxygens (including phenoxy) is 4. The average Bonchev–Trinajstić information content (AvgIpc) is 1.64. The molecule has 464 valence electrons. The summed E-state index contributed by atoms with van der Waals surface area (Å²) in [7, 11) is 0. The molecule has 16 nitrogen and oxygen atoms in total. The van der Waals surface area contributed by atoms with Crippen LogP contribution in [-0.4, -0.2) is 87.6 Å². The number of imidazole rings is 2. The fourth-order valence-electron chi connectivity index (χ4n) is 10.8. The van der Waals surface area contributed by atoms with Crippen LogP contribution in [0.5, 0.6) is 11.8 Å². The van der Waals surface area contributed by atoms with E-state index in [4.69, 9.17) is 42.1 Å². The van der Waals surface area contributed by atoms with E-state index < -0.39 is 69.3 Å². The van der Waals surface area contributed by atoms with Crippen molar-refractivity contribution in [2.45, 2.75) is 65.8 Å². The Bertz CT molecular complexity index is 4210. The Morgan fingerprint density at radius 3 is 1.26 bits per heavy atom. The van der Waals surface area contributed by atoms with Crippen molar-refractivity contribution in [2.75, 3.05) is 26.4 Å². The molecule has 12 rings (SSSR count). The SMILES string of the molecule is CC1(C)COCC1n1c(Cc2cc(F)c(-c3nccc(OCc4ccc(Cl)cc4F)n3)cc2F)nc2c(F)cc(C(=O)O)cc21.CC1(C)COCC1n1c(Cc2cc(F)c(-c3nccc(OCc4ccc(Cl)cc4F)n3)cc2F)nc2c(F)cc(C(=O)O)cc21. The predicted octanol–water partition coefficient (Wildman–Crippen LogP) is 14.3. The number of fused-ring (bicyclic) bond motifs is 2. The van der Waals surface area contributed by atoms with Gasteiger partial charge in [-0.15, -0.1) is 0 Å². The molecule has 26 heteroatoms. The maximum absolute atomic E-state index is 15.6. The van der Waals surface area contributed by atoms with Crippen molar-refractivity contribution in [1.29, 1.82) is 0 Å². The molecular weight excluding hydrogens is 1230 g/mol. The number of hydrogen-bond donors (Lipinski definition) is 2. The molecule has 90 heavy (non-hydrogen) atoms. The molecule has 2 unspecified atom stereocenters. The Balaban J connectivity index is 0.000000185. The first kappa shape index (κ1) is 62.5. The minimum Gasteiger partial charge on any atom is -0.478 e. The van der Waals surface area contributed by atoms with Gasteiger partial charge in [0.1, 0.15) is 70.8 Å². The van der Waals surface area contributed by atoms with E-state index in [1.807, 2.05) is 27.7 Å². The van der Waals surface area contributed by atoms with Gasteiger partial charge in [-0.3, -0.25) is 0 Å². The monoisotopic (exact) mass is 1280 g/mol. The summed E-state index contributed by atoms with van der Waals surface area (Å²) in [6, 6.07) is 18.5. The number of carbonyl (C=O) groups is 2. The van der Waals surface area contributed by atoms with E-state index in [-0.39, 0.29) is 163 Å². The Morgan fingerprint density at radius 2 is 0.900 bits per heavy atom. The Kier molecular flexibility index (Phi) is 17.4. The summed E-state index contributed by atoms with van der Waals surface area (Å²) in [5, 5.41) is 19.5. The molecule has 2 fully saturated rings. The molecule has 0 aliphatic carbocycles. The molecule has 10 aromatic rings. The van der Waals surface area contributed by atoms with Gasteiger partial charge in [-0.1, -0.05) is 63.0 Å². The molecule has 6 heterocycles. The van der Waals surface area contributed by atoms with Crippen LogP contribution in [0.4, 0.5) is 35.1 Å². The van der Waals surface area contributed by atoms with Gasteiger partial charge in [0.15, 0.2) is 23.3 Å². The molecule has 0 amide bonds. The molecule has 6 aromatic carbocycles. The maximum Gasteiger partial charge on any atom is 0.335 e. The van der Waals surface area contributed by atoms with Crippen LogP contribution in [0.1, 0.15) is 94.4 Å². The summed E-state index contributed by atoms with van der Waals surface area (Å²) in [5.74, 6) is -8.59. The van der Waals surface area contributed by atoms with E-state index in [0.717, 1.165) is 48.5 Å². The van der Waals surface area contributed by atoms with Gasteiger partial charge in [0.2, 0.25) is 11.8 Å². The largest absolute Gasteiger partial charge is 0.478 e. The summed E-state index contributed by atoms with van der Waals surface area (Å²) in [4.78, 5) is 48.6. The van der Waals surface area contributed by atoms with Crippen LogP contribution in [0.2, 0.25) is 10.0 Å². The van der Waals surface area contributed by atoms with Crippen molar-refractivity contribution in [3.05, 3.63) is 211 Å².